The van der Waals surface area contributed by atoms with Crippen molar-refractivity contribution in [2.45, 2.75) is 58.0 Å². The molecule has 1 fully saturated rings. The fourth-order valence-corrected chi connectivity index (χ4v) is 3.12. The molecule has 1 atom stereocenters. The number of nitrogens with one attached hydrogen (secondary N) is 1. The molecule has 3 heteroatoms. The summed E-state index contributed by atoms with van der Waals surface area (Å²) < 4.78 is 0. The average molecular weight is 289 g/mol. The van der Waals surface area contributed by atoms with Crippen LogP contribution in [0.1, 0.15) is 45.1 Å². The summed E-state index contributed by atoms with van der Waals surface area (Å²) in [5.74, 6) is 0.887. The van der Waals surface area contributed by atoms with Crippen molar-refractivity contribution in [3.8, 4) is 0 Å². The Bertz CT molecular complexity index is 438. The molecule has 0 heterocycles. The molecular formula is C18H27NO2. The van der Waals surface area contributed by atoms with E-state index in [1.165, 1.54) is 18.4 Å². The molecule has 2 rings (SSSR count). The molecule has 3 nitrogen and oxygen atoms in total. The Balaban J connectivity index is 1.85. The smallest absolute Gasteiger partial charge is 0.303 e. The lowest BCUT2D eigenvalue weighted by Gasteiger charge is -2.40. The van der Waals surface area contributed by atoms with Crippen LogP contribution in [0.4, 0.5) is 0 Å². The van der Waals surface area contributed by atoms with E-state index in [1.807, 2.05) is 18.2 Å². The molecule has 1 unspecified atom stereocenters. The van der Waals surface area contributed by atoms with E-state index in [-0.39, 0.29) is 12.5 Å². The molecule has 1 aliphatic carbocycles. The minimum absolute atomic E-state index is 0.241. The monoisotopic (exact) mass is 289 g/mol. The summed E-state index contributed by atoms with van der Waals surface area (Å²) in [5.41, 5.74) is 1.28. The largest absolute Gasteiger partial charge is 0.481 e. The van der Waals surface area contributed by atoms with Crippen molar-refractivity contribution in [2.24, 2.45) is 11.8 Å². The molecule has 0 amide bonds. The number of rotatable bonds is 8. The molecule has 0 spiro atoms. The predicted molar refractivity (Wildman–Crippen MR) is 85.3 cm³/mol. The van der Waals surface area contributed by atoms with E-state index in [0.29, 0.717) is 12.5 Å². The number of carboxylic acids is 1. The van der Waals surface area contributed by atoms with E-state index in [9.17, 15) is 4.79 Å². The summed E-state index contributed by atoms with van der Waals surface area (Å²) in [5, 5.41) is 12.6. The summed E-state index contributed by atoms with van der Waals surface area (Å²) in [6.07, 6.45) is 4.32. The fourth-order valence-electron chi connectivity index (χ4n) is 3.12. The van der Waals surface area contributed by atoms with Gasteiger partial charge in [0.1, 0.15) is 0 Å². The SMILES string of the molecule is CC(C)C1CC(NC(CCC(=O)O)Cc2ccccc2)C1. The quantitative estimate of drug-likeness (QED) is 0.770. The average Bonchev–Trinajstić information content (AvgIpc) is 2.39. The fraction of sp³-hybridized carbons (Fsp3) is 0.611. The van der Waals surface area contributed by atoms with Crippen molar-refractivity contribution in [2.75, 3.05) is 0 Å². The molecule has 0 radical (unpaired) electrons. The van der Waals surface area contributed by atoms with Crippen LogP contribution < -0.4 is 5.32 Å². The Hall–Kier alpha value is -1.35. The van der Waals surface area contributed by atoms with Crippen LogP contribution in [0.25, 0.3) is 0 Å². The topological polar surface area (TPSA) is 49.3 Å². The van der Waals surface area contributed by atoms with E-state index in [2.05, 4.69) is 31.3 Å². The first-order chi connectivity index (χ1) is 10.0. The Labute approximate surface area is 127 Å². The summed E-state index contributed by atoms with van der Waals surface area (Å²) in [6, 6.07) is 11.2. The van der Waals surface area contributed by atoms with Crippen LogP contribution in [0.3, 0.4) is 0 Å². The molecule has 1 saturated carbocycles. The summed E-state index contributed by atoms with van der Waals surface area (Å²) in [4.78, 5) is 10.8. The summed E-state index contributed by atoms with van der Waals surface area (Å²) in [7, 11) is 0. The standard InChI is InChI=1S/C18H27NO2/c1-13(2)15-11-17(12-15)19-16(8-9-18(20)21)10-14-6-4-3-5-7-14/h3-7,13,15-17,19H,8-12H2,1-2H3,(H,20,21). The molecule has 1 aliphatic rings. The molecule has 116 valence electrons. The highest BCUT2D eigenvalue weighted by Crippen LogP contribution is 2.34. The number of benzene rings is 1. The van der Waals surface area contributed by atoms with E-state index in [0.717, 1.165) is 18.3 Å². The van der Waals surface area contributed by atoms with Crippen molar-refractivity contribution in [3.63, 3.8) is 0 Å². The maximum atomic E-state index is 10.8. The highest BCUT2D eigenvalue weighted by atomic mass is 16.4. The summed E-state index contributed by atoms with van der Waals surface area (Å²) >= 11 is 0. The van der Waals surface area contributed by atoms with Gasteiger partial charge < -0.3 is 10.4 Å². The van der Waals surface area contributed by atoms with Crippen LogP contribution in [0.5, 0.6) is 0 Å². The molecule has 0 aromatic heterocycles. The van der Waals surface area contributed by atoms with Crippen LogP contribution in [-0.4, -0.2) is 23.2 Å². The van der Waals surface area contributed by atoms with Gasteiger partial charge in [-0.3, -0.25) is 4.79 Å². The second-order valence-corrected chi connectivity index (χ2v) is 6.66. The summed E-state index contributed by atoms with van der Waals surface area (Å²) in [6.45, 7) is 4.57. The van der Waals surface area contributed by atoms with Crippen molar-refractivity contribution in [1.29, 1.82) is 0 Å². The zero-order chi connectivity index (χ0) is 15.2. The van der Waals surface area contributed by atoms with Gasteiger partial charge in [-0.15, -0.1) is 0 Å². The van der Waals surface area contributed by atoms with Crippen molar-refractivity contribution in [3.05, 3.63) is 35.9 Å². The lowest BCUT2D eigenvalue weighted by atomic mass is 9.73. The Morgan fingerprint density at radius 2 is 1.95 bits per heavy atom. The number of hydrogen-bond acceptors (Lipinski definition) is 2. The molecule has 2 N–H and O–H groups in total. The van der Waals surface area contributed by atoms with Gasteiger partial charge in [0.2, 0.25) is 0 Å². The van der Waals surface area contributed by atoms with Crippen LogP contribution in [0.15, 0.2) is 30.3 Å². The Kier molecular flexibility index (Phi) is 5.80. The van der Waals surface area contributed by atoms with Gasteiger partial charge in [-0.25, -0.2) is 0 Å². The first-order valence-corrected chi connectivity index (χ1v) is 8.06. The first-order valence-electron chi connectivity index (χ1n) is 8.06. The lowest BCUT2D eigenvalue weighted by Crippen LogP contribution is -2.48. The van der Waals surface area contributed by atoms with Crippen molar-refractivity contribution >= 4 is 5.97 Å². The maximum Gasteiger partial charge on any atom is 0.303 e. The van der Waals surface area contributed by atoms with Crippen LogP contribution in [0, 0.1) is 11.8 Å². The Morgan fingerprint density at radius 1 is 1.29 bits per heavy atom. The van der Waals surface area contributed by atoms with Crippen molar-refractivity contribution in [1.82, 2.24) is 5.32 Å². The zero-order valence-electron chi connectivity index (χ0n) is 13.1. The van der Waals surface area contributed by atoms with Crippen LogP contribution in [-0.2, 0) is 11.2 Å². The molecule has 0 bridgehead atoms. The molecule has 0 aliphatic heterocycles. The van der Waals surface area contributed by atoms with Crippen LogP contribution >= 0.6 is 0 Å². The van der Waals surface area contributed by atoms with Gasteiger partial charge in [-0.2, -0.15) is 0 Å². The van der Waals surface area contributed by atoms with Crippen molar-refractivity contribution < 1.29 is 9.90 Å². The molecular weight excluding hydrogens is 262 g/mol. The second kappa shape index (κ2) is 7.60. The van der Waals surface area contributed by atoms with Gasteiger partial charge in [0.15, 0.2) is 0 Å². The van der Waals surface area contributed by atoms with Gasteiger partial charge in [-0.1, -0.05) is 44.2 Å². The molecule has 0 saturated heterocycles. The Morgan fingerprint density at radius 3 is 2.52 bits per heavy atom. The maximum absolute atomic E-state index is 10.8. The van der Waals surface area contributed by atoms with Gasteiger partial charge in [-0.05, 0) is 43.1 Å². The van der Waals surface area contributed by atoms with Gasteiger partial charge in [0.05, 0.1) is 0 Å². The highest BCUT2D eigenvalue weighted by molar-refractivity contribution is 5.66. The van der Waals surface area contributed by atoms with E-state index < -0.39 is 5.97 Å². The van der Waals surface area contributed by atoms with E-state index >= 15 is 0 Å². The zero-order valence-corrected chi connectivity index (χ0v) is 13.1. The van der Waals surface area contributed by atoms with Gasteiger partial charge >= 0.3 is 5.97 Å². The van der Waals surface area contributed by atoms with Gasteiger partial charge in [0.25, 0.3) is 0 Å². The normalized spacial score (nSPS) is 22.8. The second-order valence-electron chi connectivity index (χ2n) is 6.66. The highest BCUT2D eigenvalue weighted by Gasteiger charge is 2.32. The third-order valence-corrected chi connectivity index (χ3v) is 4.62. The minimum atomic E-state index is -0.705. The van der Waals surface area contributed by atoms with E-state index in [1.54, 1.807) is 0 Å². The lowest BCUT2D eigenvalue weighted by molar-refractivity contribution is -0.137. The third-order valence-electron chi connectivity index (χ3n) is 4.62. The third kappa shape index (κ3) is 5.16. The van der Waals surface area contributed by atoms with Gasteiger partial charge in [0, 0.05) is 18.5 Å². The molecule has 21 heavy (non-hydrogen) atoms. The first kappa shape index (κ1) is 16.0. The molecule has 1 aromatic carbocycles. The number of aliphatic carboxylic acids is 1. The number of carboxylic acid groups (broad SMARTS) is 1. The number of hydrogen-bond donors (Lipinski definition) is 2. The molecule has 1 aromatic rings. The van der Waals surface area contributed by atoms with Crippen LogP contribution in [0.2, 0.25) is 0 Å². The number of carbonyl (C=O) groups is 1. The predicted octanol–water partition coefficient (Wildman–Crippen LogP) is 3.49. The minimum Gasteiger partial charge on any atom is -0.481 e. The van der Waals surface area contributed by atoms with E-state index in [4.69, 9.17) is 5.11 Å².